The number of aliphatic hydroxyl groups is 1. The van der Waals surface area contributed by atoms with Crippen LogP contribution in [0.4, 0.5) is 5.69 Å². The maximum atomic E-state index is 13.0. The number of hydrogen-bond acceptors (Lipinski definition) is 4. The lowest BCUT2D eigenvalue weighted by atomic mass is 9.94. The van der Waals surface area contributed by atoms with E-state index in [1.54, 1.807) is 30.5 Å². The third kappa shape index (κ3) is 3.31. The van der Waals surface area contributed by atoms with Crippen LogP contribution in [0.25, 0.3) is 5.76 Å². The molecule has 2 aromatic carbocycles. The van der Waals surface area contributed by atoms with Crippen LogP contribution in [-0.2, 0) is 9.59 Å². The summed E-state index contributed by atoms with van der Waals surface area (Å²) in [6, 6.07) is 17.5. The van der Waals surface area contributed by atoms with E-state index in [0.29, 0.717) is 11.3 Å². The smallest absolute Gasteiger partial charge is 0.300 e. The lowest BCUT2D eigenvalue weighted by Crippen LogP contribution is -2.29. The number of aliphatic hydroxyl groups excluding tert-OH is 1. The van der Waals surface area contributed by atoms with Gasteiger partial charge in [0, 0.05) is 11.8 Å². The number of ketones is 1. The fourth-order valence-corrected chi connectivity index (χ4v) is 3.53. The summed E-state index contributed by atoms with van der Waals surface area (Å²) in [5, 5.41) is 11.0. The molecular formula is C24H20N2O3. The Bertz CT molecular complexity index is 1100. The molecule has 144 valence electrons. The fraction of sp³-hybridized carbons (Fsp3) is 0.125. The molecule has 0 aliphatic carbocycles. The standard InChI is InChI=1S/C24H20N2O3/c1-15-5-9-17(10-6-15)21-20(22(27)18-11-7-16(2)8-12-18)23(28)24(29)26(21)19-4-3-13-25-14-19/h3-14,21,27H,1-2H3/t21-/m1/s1. The van der Waals surface area contributed by atoms with Gasteiger partial charge in [0.2, 0.25) is 0 Å². The number of hydrogen-bond donors (Lipinski definition) is 1. The van der Waals surface area contributed by atoms with Crippen LogP contribution < -0.4 is 4.90 Å². The normalized spacial score (nSPS) is 18.3. The van der Waals surface area contributed by atoms with Crippen molar-refractivity contribution >= 4 is 23.1 Å². The molecule has 0 saturated carbocycles. The van der Waals surface area contributed by atoms with Gasteiger partial charge in [-0.25, -0.2) is 0 Å². The molecule has 1 amide bonds. The molecule has 1 aliphatic heterocycles. The molecule has 0 radical (unpaired) electrons. The molecule has 4 rings (SSSR count). The van der Waals surface area contributed by atoms with Crippen molar-refractivity contribution in [1.82, 2.24) is 4.98 Å². The Morgan fingerprint density at radius 2 is 1.55 bits per heavy atom. The number of aromatic nitrogens is 1. The van der Waals surface area contributed by atoms with E-state index < -0.39 is 17.7 Å². The molecule has 1 aliphatic rings. The van der Waals surface area contributed by atoms with E-state index in [1.165, 1.54) is 11.1 Å². The second-order valence-corrected chi connectivity index (χ2v) is 7.16. The highest BCUT2D eigenvalue weighted by Crippen LogP contribution is 2.41. The van der Waals surface area contributed by atoms with E-state index in [2.05, 4.69) is 4.98 Å². The minimum Gasteiger partial charge on any atom is -0.507 e. The molecule has 1 saturated heterocycles. The second kappa shape index (κ2) is 7.36. The van der Waals surface area contributed by atoms with E-state index in [4.69, 9.17) is 0 Å². The molecule has 2 heterocycles. The van der Waals surface area contributed by atoms with Gasteiger partial charge in [-0.05, 0) is 31.5 Å². The first-order chi connectivity index (χ1) is 14.0. The summed E-state index contributed by atoms with van der Waals surface area (Å²) in [5.41, 5.74) is 3.91. The maximum absolute atomic E-state index is 13.0. The van der Waals surface area contributed by atoms with Crippen molar-refractivity contribution < 1.29 is 14.7 Å². The second-order valence-electron chi connectivity index (χ2n) is 7.16. The van der Waals surface area contributed by atoms with Gasteiger partial charge < -0.3 is 5.11 Å². The highest BCUT2D eigenvalue weighted by atomic mass is 16.3. The zero-order chi connectivity index (χ0) is 20.5. The van der Waals surface area contributed by atoms with E-state index >= 15 is 0 Å². The molecule has 1 atom stereocenters. The Kier molecular flexibility index (Phi) is 4.72. The number of rotatable bonds is 3. The van der Waals surface area contributed by atoms with E-state index in [1.807, 2.05) is 50.2 Å². The van der Waals surface area contributed by atoms with Gasteiger partial charge in [0.15, 0.2) is 0 Å². The summed E-state index contributed by atoms with van der Waals surface area (Å²) >= 11 is 0. The van der Waals surface area contributed by atoms with Gasteiger partial charge in [-0.2, -0.15) is 0 Å². The molecule has 5 nitrogen and oxygen atoms in total. The van der Waals surface area contributed by atoms with E-state index in [-0.39, 0.29) is 11.3 Å². The minimum atomic E-state index is -0.735. The van der Waals surface area contributed by atoms with Crippen molar-refractivity contribution in [2.75, 3.05) is 4.90 Å². The Labute approximate surface area is 169 Å². The largest absolute Gasteiger partial charge is 0.507 e. The molecule has 0 unspecified atom stereocenters. The fourth-order valence-electron chi connectivity index (χ4n) is 3.53. The Morgan fingerprint density at radius 1 is 0.931 bits per heavy atom. The molecule has 5 heteroatoms. The van der Waals surface area contributed by atoms with Gasteiger partial charge >= 0.3 is 0 Å². The van der Waals surface area contributed by atoms with Gasteiger partial charge in [0.25, 0.3) is 11.7 Å². The van der Waals surface area contributed by atoms with Gasteiger partial charge in [-0.3, -0.25) is 19.5 Å². The number of amides is 1. The first-order valence-electron chi connectivity index (χ1n) is 9.32. The summed E-state index contributed by atoms with van der Waals surface area (Å²) < 4.78 is 0. The number of pyridine rings is 1. The predicted octanol–water partition coefficient (Wildman–Crippen LogP) is 4.32. The van der Waals surface area contributed by atoms with Crippen LogP contribution in [0, 0.1) is 13.8 Å². The van der Waals surface area contributed by atoms with Gasteiger partial charge in [-0.15, -0.1) is 0 Å². The van der Waals surface area contributed by atoms with E-state index in [9.17, 15) is 14.7 Å². The van der Waals surface area contributed by atoms with Crippen molar-refractivity contribution in [2.45, 2.75) is 19.9 Å². The van der Waals surface area contributed by atoms with Crippen LogP contribution in [0.2, 0.25) is 0 Å². The van der Waals surface area contributed by atoms with Crippen LogP contribution in [0.3, 0.4) is 0 Å². The zero-order valence-corrected chi connectivity index (χ0v) is 16.2. The third-order valence-electron chi connectivity index (χ3n) is 5.09. The molecule has 3 aromatic rings. The van der Waals surface area contributed by atoms with Gasteiger partial charge in [-0.1, -0.05) is 59.7 Å². The zero-order valence-electron chi connectivity index (χ0n) is 16.2. The molecule has 29 heavy (non-hydrogen) atoms. The number of carbonyl (C=O) groups excluding carboxylic acids is 2. The summed E-state index contributed by atoms with van der Waals surface area (Å²) in [4.78, 5) is 31.4. The summed E-state index contributed by atoms with van der Waals surface area (Å²) in [6.07, 6.45) is 3.14. The summed E-state index contributed by atoms with van der Waals surface area (Å²) in [5.74, 6) is -1.57. The van der Waals surface area contributed by atoms with Gasteiger partial charge in [0.1, 0.15) is 5.76 Å². The lowest BCUT2D eigenvalue weighted by molar-refractivity contribution is -0.132. The van der Waals surface area contributed by atoms with Crippen molar-refractivity contribution in [3.8, 4) is 0 Å². The number of Topliss-reactive ketones (excluding diaryl/α,β-unsaturated/α-hetero) is 1. The quantitative estimate of drug-likeness (QED) is 0.415. The Hall–Kier alpha value is -3.73. The first-order valence-corrected chi connectivity index (χ1v) is 9.32. The highest BCUT2D eigenvalue weighted by molar-refractivity contribution is 6.51. The van der Waals surface area contributed by atoms with Crippen molar-refractivity contribution in [3.63, 3.8) is 0 Å². The van der Waals surface area contributed by atoms with Crippen molar-refractivity contribution in [1.29, 1.82) is 0 Å². The molecule has 1 fully saturated rings. The average Bonchev–Trinajstić information content (AvgIpc) is 3.00. The maximum Gasteiger partial charge on any atom is 0.300 e. The third-order valence-corrected chi connectivity index (χ3v) is 5.09. The Balaban J connectivity index is 1.94. The number of aryl methyl sites for hydroxylation is 2. The first kappa shape index (κ1) is 18.6. The van der Waals surface area contributed by atoms with Crippen LogP contribution in [0.1, 0.15) is 28.3 Å². The van der Waals surface area contributed by atoms with E-state index in [0.717, 1.165) is 16.7 Å². The topological polar surface area (TPSA) is 70.5 Å². The average molecular weight is 384 g/mol. The monoisotopic (exact) mass is 384 g/mol. The van der Waals surface area contributed by atoms with Crippen molar-refractivity contribution in [3.05, 3.63) is 101 Å². The highest BCUT2D eigenvalue weighted by Gasteiger charge is 2.47. The van der Waals surface area contributed by atoms with Gasteiger partial charge in [0.05, 0.1) is 23.5 Å². The molecular weight excluding hydrogens is 364 g/mol. The Morgan fingerprint density at radius 3 is 2.14 bits per heavy atom. The van der Waals surface area contributed by atoms with Crippen LogP contribution in [-0.4, -0.2) is 21.8 Å². The number of nitrogens with zero attached hydrogens (tertiary/aromatic N) is 2. The number of anilines is 1. The summed E-state index contributed by atoms with van der Waals surface area (Å²) in [6.45, 7) is 3.91. The van der Waals surface area contributed by atoms with Crippen LogP contribution in [0.5, 0.6) is 0 Å². The molecule has 1 aromatic heterocycles. The lowest BCUT2D eigenvalue weighted by Gasteiger charge is -2.25. The number of benzene rings is 2. The van der Waals surface area contributed by atoms with Crippen LogP contribution >= 0.6 is 0 Å². The number of carbonyl (C=O) groups is 2. The van der Waals surface area contributed by atoms with Crippen LogP contribution in [0.15, 0.2) is 78.6 Å². The minimum absolute atomic E-state index is 0.0755. The predicted molar refractivity (Wildman–Crippen MR) is 111 cm³/mol. The molecule has 1 N–H and O–H groups in total. The summed E-state index contributed by atoms with van der Waals surface area (Å²) in [7, 11) is 0. The molecule has 0 spiro atoms. The van der Waals surface area contributed by atoms with Crippen molar-refractivity contribution in [2.24, 2.45) is 0 Å². The molecule has 0 bridgehead atoms. The SMILES string of the molecule is Cc1ccc(C(O)=C2C(=O)C(=O)N(c3cccnc3)[C@@H]2c2ccc(C)cc2)cc1.